The Morgan fingerprint density at radius 3 is 2.63 bits per heavy atom. The minimum absolute atomic E-state index is 0.290. The highest BCUT2D eigenvalue weighted by atomic mass is 19.1. The van der Waals surface area contributed by atoms with E-state index in [1.807, 2.05) is 30.1 Å². The number of pyridine rings is 1. The minimum atomic E-state index is -0.365. The lowest BCUT2D eigenvalue weighted by Crippen LogP contribution is -2.22. The van der Waals surface area contributed by atoms with Gasteiger partial charge in [-0.15, -0.1) is 0 Å². The number of rotatable bonds is 5. The summed E-state index contributed by atoms with van der Waals surface area (Å²) in [5, 5.41) is 9.26. The van der Waals surface area contributed by atoms with Gasteiger partial charge in [-0.05, 0) is 36.2 Å². The van der Waals surface area contributed by atoms with Crippen molar-refractivity contribution in [3.63, 3.8) is 0 Å². The third-order valence-electron chi connectivity index (χ3n) is 3.15. The predicted octanol–water partition coefficient (Wildman–Crippen LogP) is 2.39. The molecule has 1 N–H and O–H groups in total. The molecule has 2 aromatic rings. The molecule has 1 heterocycles. The first-order chi connectivity index (χ1) is 9.22. The van der Waals surface area contributed by atoms with Crippen LogP contribution in [-0.4, -0.2) is 23.7 Å². The van der Waals surface area contributed by atoms with Crippen molar-refractivity contribution in [3.8, 4) is 0 Å². The van der Waals surface area contributed by atoms with Gasteiger partial charge in [-0.25, -0.2) is 4.39 Å². The summed E-state index contributed by atoms with van der Waals surface area (Å²) in [7, 11) is 1.90. The molecule has 100 valence electrons. The average Bonchev–Trinajstić information content (AvgIpc) is 2.45. The van der Waals surface area contributed by atoms with Crippen molar-refractivity contribution in [1.29, 1.82) is 0 Å². The molecule has 0 bridgehead atoms. The fourth-order valence-electron chi connectivity index (χ4n) is 2.03. The quantitative estimate of drug-likeness (QED) is 0.896. The molecule has 0 aliphatic rings. The predicted molar refractivity (Wildman–Crippen MR) is 73.5 cm³/mol. The van der Waals surface area contributed by atoms with Crippen molar-refractivity contribution in [2.45, 2.75) is 13.0 Å². The van der Waals surface area contributed by atoms with Gasteiger partial charge in [0.15, 0.2) is 0 Å². The number of hydrogen-bond acceptors (Lipinski definition) is 3. The second-order valence-electron chi connectivity index (χ2n) is 4.42. The Balaban J connectivity index is 2.08. The first-order valence-corrected chi connectivity index (χ1v) is 6.20. The maximum atomic E-state index is 13.6. The van der Waals surface area contributed by atoms with Crippen LogP contribution >= 0.6 is 0 Å². The first-order valence-electron chi connectivity index (χ1n) is 6.20. The SMILES string of the molecule is CN(CCc1ccncc1)c1cccc(F)c1CO. The highest BCUT2D eigenvalue weighted by Gasteiger charge is 2.10. The van der Waals surface area contributed by atoms with Gasteiger partial charge in [0.25, 0.3) is 0 Å². The van der Waals surface area contributed by atoms with E-state index in [0.29, 0.717) is 5.56 Å². The van der Waals surface area contributed by atoms with E-state index >= 15 is 0 Å². The second kappa shape index (κ2) is 6.29. The Kier molecular flexibility index (Phi) is 4.47. The van der Waals surface area contributed by atoms with E-state index in [1.54, 1.807) is 18.5 Å². The van der Waals surface area contributed by atoms with E-state index in [-0.39, 0.29) is 12.4 Å². The lowest BCUT2D eigenvalue weighted by atomic mass is 10.1. The molecule has 1 aromatic heterocycles. The lowest BCUT2D eigenvalue weighted by Gasteiger charge is -2.22. The number of aromatic nitrogens is 1. The Morgan fingerprint density at radius 1 is 1.21 bits per heavy atom. The molecular weight excluding hydrogens is 243 g/mol. The van der Waals surface area contributed by atoms with Crippen molar-refractivity contribution >= 4 is 5.69 Å². The van der Waals surface area contributed by atoms with Crippen LogP contribution in [0.2, 0.25) is 0 Å². The van der Waals surface area contributed by atoms with Crippen molar-refractivity contribution in [1.82, 2.24) is 4.98 Å². The smallest absolute Gasteiger partial charge is 0.130 e. The first kappa shape index (κ1) is 13.5. The largest absolute Gasteiger partial charge is 0.391 e. The van der Waals surface area contributed by atoms with Crippen LogP contribution in [-0.2, 0) is 13.0 Å². The van der Waals surface area contributed by atoms with Crippen LogP contribution in [0.15, 0.2) is 42.7 Å². The van der Waals surface area contributed by atoms with Crippen molar-refractivity contribution in [2.75, 3.05) is 18.5 Å². The van der Waals surface area contributed by atoms with Crippen molar-refractivity contribution < 1.29 is 9.50 Å². The van der Waals surface area contributed by atoms with E-state index in [0.717, 1.165) is 18.7 Å². The number of likely N-dealkylation sites (N-methyl/N-ethyl adjacent to an activating group) is 1. The maximum absolute atomic E-state index is 13.6. The molecule has 0 atom stereocenters. The molecule has 0 fully saturated rings. The van der Waals surface area contributed by atoms with Gasteiger partial charge in [0, 0.05) is 37.2 Å². The van der Waals surface area contributed by atoms with Crippen molar-refractivity contribution in [3.05, 3.63) is 59.7 Å². The zero-order chi connectivity index (χ0) is 13.7. The van der Waals surface area contributed by atoms with E-state index in [9.17, 15) is 9.50 Å². The standard InChI is InChI=1S/C15H17FN2O/c1-18(10-7-12-5-8-17-9-6-12)15-4-2-3-14(16)13(15)11-19/h2-6,8-9,19H,7,10-11H2,1H3. The summed E-state index contributed by atoms with van der Waals surface area (Å²) < 4.78 is 13.6. The fraction of sp³-hybridized carbons (Fsp3) is 0.267. The number of nitrogens with zero attached hydrogens (tertiary/aromatic N) is 2. The number of aliphatic hydroxyl groups is 1. The van der Waals surface area contributed by atoms with Crippen LogP contribution in [0.3, 0.4) is 0 Å². The summed E-state index contributed by atoms with van der Waals surface area (Å²) in [6.45, 7) is 0.460. The molecule has 0 spiro atoms. The zero-order valence-electron chi connectivity index (χ0n) is 10.9. The van der Waals surface area contributed by atoms with Crippen LogP contribution in [0.25, 0.3) is 0 Å². The minimum Gasteiger partial charge on any atom is -0.391 e. The van der Waals surface area contributed by atoms with Gasteiger partial charge in [-0.2, -0.15) is 0 Å². The number of halogens is 1. The van der Waals surface area contributed by atoms with E-state index in [1.165, 1.54) is 11.6 Å². The zero-order valence-corrected chi connectivity index (χ0v) is 10.9. The van der Waals surface area contributed by atoms with Gasteiger partial charge in [-0.3, -0.25) is 4.98 Å². The van der Waals surface area contributed by atoms with E-state index < -0.39 is 0 Å². The van der Waals surface area contributed by atoms with Gasteiger partial charge in [0.1, 0.15) is 5.82 Å². The molecule has 3 nitrogen and oxygen atoms in total. The highest BCUT2D eigenvalue weighted by Crippen LogP contribution is 2.22. The molecule has 0 radical (unpaired) electrons. The van der Waals surface area contributed by atoms with Gasteiger partial charge >= 0.3 is 0 Å². The molecular formula is C15H17FN2O. The Morgan fingerprint density at radius 2 is 1.95 bits per heavy atom. The normalized spacial score (nSPS) is 10.5. The summed E-state index contributed by atoms with van der Waals surface area (Å²) in [4.78, 5) is 5.93. The van der Waals surface area contributed by atoms with Crippen LogP contribution in [0, 0.1) is 5.82 Å². The molecule has 0 unspecified atom stereocenters. The summed E-state index contributed by atoms with van der Waals surface area (Å²) >= 11 is 0. The van der Waals surface area contributed by atoms with Gasteiger partial charge < -0.3 is 10.0 Å². The number of anilines is 1. The third-order valence-corrected chi connectivity index (χ3v) is 3.15. The molecule has 1 aromatic carbocycles. The molecule has 0 aliphatic heterocycles. The molecule has 19 heavy (non-hydrogen) atoms. The molecule has 0 aliphatic carbocycles. The van der Waals surface area contributed by atoms with E-state index in [2.05, 4.69) is 4.98 Å². The molecule has 4 heteroatoms. The highest BCUT2D eigenvalue weighted by molar-refractivity contribution is 5.53. The third kappa shape index (κ3) is 3.29. The summed E-state index contributed by atoms with van der Waals surface area (Å²) in [6.07, 6.45) is 4.37. The van der Waals surface area contributed by atoms with Crippen LogP contribution in [0.4, 0.5) is 10.1 Å². The fourth-order valence-corrected chi connectivity index (χ4v) is 2.03. The lowest BCUT2D eigenvalue weighted by molar-refractivity contribution is 0.276. The summed E-state index contributed by atoms with van der Waals surface area (Å²) in [6, 6.07) is 8.78. The van der Waals surface area contributed by atoms with Crippen LogP contribution in [0.1, 0.15) is 11.1 Å². The number of hydrogen-bond donors (Lipinski definition) is 1. The van der Waals surface area contributed by atoms with Gasteiger partial charge in [-0.1, -0.05) is 6.07 Å². The average molecular weight is 260 g/mol. The van der Waals surface area contributed by atoms with Crippen LogP contribution < -0.4 is 4.90 Å². The Bertz CT molecular complexity index is 531. The monoisotopic (exact) mass is 260 g/mol. The second-order valence-corrected chi connectivity index (χ2v) is 4.42. The number of aliphatic hydroxyl groups excluding tert-OH is 1. The van der Waals surface area contributed by atoms with Gasteiger partial charge in [0.05, 0.1) is 6.61 Å². The van der Waals surface area contributed by atoms with Gasteiger partial charge in [0.2, 0.25) is 0 Å². The van der Waals surface area contributed by atoms with E-state index in [4.69, 9.17) is 0 Å². The summed E-state index contributed by atoms with van der Waals surface area (Å²) in [5.41, 5.74) is 2.26. The Hall–Kier alpha value is -1.94. The number of benzene rings is 1. The maximum Gasteiger partial charge on any atom is 0.130 e. The molecule has 2 rings (SSSR count). The summed E-state index contributed by atoms with van der Waals surface area (Å²) in [5.74, 6) is -0.365. The van der Waals surface area contributed by atoms with Crippen molar-refractivity contribution in [2.24, 2.45) is 0 Å². The Labute approximate surface area is 112 Å². The molecule has 0 saturated carbocycles. The van der Waals surface area contributed by atoms with Crippen LogP contribution in [0.5, 0.6) is 0 Å². The molecule has 0 saturated heterocycles. The molecule has 0 amide bonds. The topological polar surface area (TPSA) is 36.4 Å².